The number of halogens is 7. The zero-order valence-corrected chi connectivity index (χ0v) is 21.5. The molecule has 0 unspecified atom stereocenters. The normalized spacial score (nSPS) is 22.5. The molecule has 0 aliphatic carbocycles. The van der Waals surface area contributed by atoms with Crippen LogP contribution in [0, 0.1) is 17.5 Å². The van der Waals surface area contributed by atoms with Crippen molar-refractivity contribution in [2.24, 2.45) is 0 Å². The van der Waals surface area contributed by atoms with Crippen molar-refractivity contribution in [2.45, 2.75) is 50.2 Å². The van der Waals surface area contributed by atoms with Crippen LogP contribution in [0.1, 0.15) is 42.6 Å². The van der Waals surface area contributed by atoms with Gasteiger partial charge in [0.15, 0.2) is 6.67 Å². The first-order chi connectivity index (χ1) is 18.6. The zero-order valence-electron chi connectivity index (χ0n) is 21.5. The van der Waals surface area contributed by atoms with E-state index in [4.69, 9.17) is 0 Å². The number of hydrogen-bond acceptors (Lipinski definition) is 3. The second-order valence-corrected chi connectivity index (χ2v) is 10.7. The number of anilines is 1. The van der Waals surface area contributed by atoms with Gasteiger partial charge in [-0.2, -0.15) is 0 Å². The van der Waals surface area contributed by atoms with Gasteiger partial charge in [0.05, 0.1) is 19.3 Å². The van der Waals surface area contributed by atoms with E-state index in [0.717, 1.165) is 25.1 Å². The first-order valence-corrected chi connectivity index (χ1v) is 13.1. The van der Waals surface area contributed by atoms with Crippen LogP contribution in [0.4, 0.5) is 36.4 Å². The SMILES string of the molecule is C[C@@H]1Cc2c([nH]c3cc(F)ccc23)[C@@H](c2c(F)cc(N[C@H]3CCN(CCCF)C3)cc2F)N1CC(F)(F)CF. The lowest BCUT2D eigenvalue weighted by molar-refractivity contribution is -0.0678. The minimum atomic E-state index is -3.73. The van der Waals surface area contributed by atoms with E-state index in [0.29, 0.717) is 36.0 Å². The molecule has 0 radical (unpaired) electrons. The van der Waals surface area contributed by atoms with E-state index in [1.165, 1.54) is 17.0 Å². The van der Waals surface area contributed by atoms with Crippen molar-refractivity contribution in [3.05, 3.63) is 64.6 Å². The molecule has 39 heavy (non-hydrogen) atoms. The maximum Gasteiger partial charge on any atom is 0.288 e. The molecule has 1 saturated heterocycles. The second kappa shape index (κ2) is 11.0. The fraction of sp³-hybridized carbons (Fsp3) is 0.500. The maximum atomic E-state index is 15.7. The largest absolute Gasteiger partial charge is 0.381 e. The molecule has 0 bridgehead atoms. The number of nitrogens with zero attached hydrogens (tertiary/aromatic N) is 2. The number of rotatable bonds is 9. The summed E-state index contributed by atoms with van der Waals surface area (Å²) in [7, 11) is 0. The van der Waals surface area contributed by atoms with Crippen LogP contribution in [0.15, 0.2) is 30.3 Å². The monoisotopic (exact) mass is 556 g/mol. The van der Waals surface area contributed by atoms with Gasteiger partial charge in [-0.05, 0) is 62.1 Å². The lowest BCUT2D eigenvalue weighted by Crippen LogP contribution is -2.49. The fourth-order valence-electron chi connectivity index (χ4n) is 6.00. The predicted octanol–water partition coefficient (Wildman–Crippen LogP) is 6.37. The predicted molar refractivity (Wildman–Crippen MR) is 136 cm³/mol. The van der Waals surface area contributed by atoms with E-state index in [1.54, 1.807) is 13.0 Å². The summed E-state index contributed by atoms with van der Waals surface area (Å²) in [6.45, 7) is 0.223. The molecule has 1 aromatic heterocycles. The van der Waals surface area contributed by atoms with Gasteiger partial charge in [-0.3, -0.25) is 9.29 Å². The van der Waals surface area contributed by atoms with Crippen molar-refractivity contribution < 1.29 is 30.7 Å². The molecule has 0 amide bonds. The quantitative estimate of drug-likeness (QED) is 0.301. The van der Waals surface area contributed by atoms with Gasteiger partial charge in [-0.25, -0.2) is 26.3 Å². The summed E-state index contributed by atoms with van der Waals surface area (Å²) in [6, 6.07) is 4.32. The number of H-pyrrole nitrogens is 1. The summed E-state index contributed by atoms with van der Waals surface area (Å²) in [6.07, 6.45) is 1.40. The number of hydrogen-bond donors (Lipinski definition) is 2. The summed E-state index contributed by atoms with van der Waals surface area (Å²) in [5.41, 5.74) is 1.08. The van der Waals surface area contributed by atoms with Crippen LogP contribution < -0.4 is 5.32 Å². The Labute approximate surface area is 222 Å². The van der Waals surface area contributed by atoms with Crippen LogP contribution in [0.3, 0.4) is 0 Å². The Morgan fingerprint density at radius 3 is 2.51 bits per heavy atom. The molecule has 1 fully saturated rings. The first kappa shape index (κ1) is 27.8. The number of alkyl halides is 4. The Kier molecular flexibility index (Phi) is 7.83. The molecule has 0 saturated carbocycles. The van der Waals surface area contributed by atoms with E-state index >= 15 is 8.78 Å². The highest BCUT2D eigenvalue weighted by atomic mass is 19.3. The highest BCUT2D eigenvalue weighted by Gasteiger charge is 2.44. The van der Waals surface area contributed by atoms with Crippen molar-refractivity contribution in [3.8, 4) is 0 Å². The van der Waals surface area contributed by atoms with Gasteiger partial charge in [0.1, 0.15) is 17.5 Å². The molecular formula is C28H31F7N4. The Morgan fingerprint density at radius 2 is 1.82 bits per heavy atom. The molecule has 5 rings (SSSR count). The van der Waals surface area contributed by atoms with Crippen molar-refractivity contribution in [2.75, 3.05) is 44.8 Å². The Morgan fingerprint density at radius 1 is 1.08 bits per heavy atom. The lowest BCUT2D eigenvalue weighted by atomic mass is 9.87. The molecular weight excluding hydrogens is 525 g/mol. The van der Waals surface area contributed by atoms with Crippen molar-refractivity contribution in [1.29, 1.82) is 0 Å². The van der Waals surface area contributed by atoms with Gasteiger partial charge < -0.3 is 15.2 Å². The summed E-state index contributed by atoms with van der Waals surface area (Å²) in [5.74, 6) is -6.12. The highest BCUT2D eigenvalue weighted by molar-refractivity contribution is 5.85. The number of likely N-dealkylation sites (tertiary alicyclic amines) is 1. The minimum Gasteiger partial charge on any atom is -0.381 e. The lowest BCUT2D eigenvalue weighted by Gasteiger charge is -2.42. The number of benzene rings is 2. The summed E-state index contributed by atoms with van der Waals surface area (Å²) in [4.78, 5) is 6.29. The van der Waals surface area contributed by atoms with Crippen LogP contribution >= 0.6 is 0 Å². The number of fused-ring (bicyclic) bond motifs is 3. The molecule has 2 N–H and O–H groups in total. The van der Waals surface area contributed by atoms with E-state index in [1.807, 2.05) is 0 Å². The van der Waals surface area contributed by atoms with Crippen LogP contribution in [-0.4, -0.2) is 72.3 Å². The number of nitrogens with one attached hydrogen (secondary N) is 2. The standard InChI is InChI=1S/C28H31F7N4/c1-16-9-21-20-4-3-17(31)10-24(20)37-26(21)27(39(16)15-28(34,35)14-30)25-22(32)11-19(12-23(25)33)36-18-5-8-38(13-18)7-2-6-29/h3-4,10-12,16,18,27,36-37H,2,5-9,13-15H2,1H3/t16-,18+,27-/m1/s1. The van der Waals surface area contributed by atoms with E-state index in [9.17, 15) is 22.0 Å². The van der Waals surface area contributed by atoms with Crippen molar-refractivity contribution >= 4 is 16.6 Å². The Bertz CT molecular complexity index is 1300. The summed E-state index contributed by atoms with van der Waals surface area (Å²) in [5, 5.41) is 3.76. The first-order valence-electron chi connectivity index (χ1n) is 13.1. The topological polar surface area (TPSA) is 34.3 Å². The maximum absolute atomic E-state index is 15.7. The van der Waals surface area contributed by atoms with Crippen molar-refractivity contribution in [3.63, 3.8) is 0 Å². The van der Waals surface area contributed by atoms with Gasteiger partial charge in [0.2, 0.25) is 0 Å². The molecule has 3 heterocycles. The third kappa shape index (κ3) is 5.61. The number of aromatic amines is 1. The smallest absolute Gasteiger partial charge is 0.288 e. The zero-order chi connectivity index (χ0) is 27.9. The van der Waals surface area contributed by atoms with Crippen molar-refractivity contribution in [1.82, 2.24) is 14.8 Å². The van der Waals surface area contributed by atoms with E-state index in [-0.39, 0.29) is 23.8 Å². The third-order valence-corrected chi connectivity index (χ3v) is 7.78. The summed E-state index contributed by atoms with van der Waals surface area (Å²) >= 11 is 0. The molecule has 11 heteroatoms. The van der Waals surface area contributed by atoms with Crippen LogP contribution in [0.25, 0.3) is 10.9 Å². The fourth-order valence-corrected chi connectivity index (χ4v) is 6.00. The second-order valence-electron chi connectivity index (χ2n) is 10.7. The minimum absolute atomic E-state index is 0.0843. The molecule has 212 valence electrons. The molecule has 2 aliphatic rings. The van der Waals surface area contributed by atoms with Gasteiger partial charge >= 0.3 is 0 Å². The van der Waals surface area contributed by atoms with Crippen LogP contribution in [0.5, 0.6) is 0 Å². The summed E-state index contributed by atoms with van der Waals surface area (Å²) < 4.78 is 99.8. The van der Waals surface area contributed by atoms with Crippen LogP contribution in [0.2, 0.25) is 0 Å². The molecule has 0 spiro atoms. The Hall–Kier alpha value is -2.79. The van der Waals surface area contributed by atoms with E-state index in [2.05, 4.69) is 15.2 Å². The highest BCUT2D eigenvalue weighted by Crippen LogP contribution is 2.44. The van der Waals surface area contributed by atoms with Crippen LogP contribution in [-0.2, 0) is 6.42 Å². The molecule has 3 aromatic rings. The molecule has 2 aromatic carbocycles. The van der Waals surface area contributed by atoms with E-state index < -0.39 is 60.9 Å². The average molecular weight is 557 g/mol. The number of aromatic nitrogens is 1. The third-order valence-electron chi connectivity index (χ3n) is 7.78. The van der Waals surface area contributed by atoms with Gasteiger partial charge in [0, 0.05) is 59.6 Å². The Balaban J connectivity index is 1.52. The van der Waals surface area contributed by atoms with Gasteiger partial charge in [-0.15, -0.1) is 0 Å². The average Bonchev–Trinajstić information content (AvgIpc) is 3.47. The molecule has 2 aliphatic heterocycles. The molecule has 4 nitrogen and oxygen atoms in total. The molecule has 3 atom stereocenters. The van der Waals surface area contributed by atoms with Gasteiger partial charge in [-0.1, -0.05) is 0 Å². The van der Waals surface area contributed by atoms with Gasteiger partial charge in [0.25, 0.3) is 5.92 Å².